The van der Waals surface area contributed by atoms with Gasteiger partial charge in [-0.1, -0.05) is 31.2 Å². The van der Waals surface area contributed by atoms with Crippen molar-refractivity contribution in [3.63, 3.8) is 0 Å². The summed E-state index contributed by atoms with van der Waals surface area (Å²) in [5.41, 5.74) is 2.61. The molecule has 0 aliphatic heterocycles. The summed E-state index contributed by atoms with van der Waals surface area (Å²) in [5, 5.41) is 2.96. The van der Waals surface area contributed by atoms with Crippen molar-refractivity contribution < 1.29 is 19.0 Å². The SMILES string of the molecule is CCCOc1c(Br)cc(C(=O)NCc2ccccc2COCC)cc1OC. The van der Waals surface area contributed by atoms with E-state index in [0.717, 1.165) is 17.5 Å². The molecule has 0 fully saturated rings. The fraction of sp³-hybridized carbons (Fsp3) is 0.381. The molecule has 2 aromatic carbocycles. The number of ether oxygens (including phenoxy) is 3. The van der Waals surface area contributed by atoms with Crippen molar-refractivity contribution in [3.05, 3.63) is 57.6 Å². The number of carbonyl (C=O) groups is 1. The second kappa shape index (κ2) is 10.9. The summed E-state index contributed by atoms with van der Waals surface area (Å²) in [5.74, 6) is 0.958. The first-order valence-electron chi connectivity index (χ1n) is 9.03. The lowest BCUT2D eigenvalue weighted by molar-refractivity contribution is 0.0949. The zero-order valence-electron chi connectivity index (χ0n) is 16.0. The first-order chi connectivity index (χ1) is 13.1. The molecule has 0 aliphatic rings. The van der Waals surface area contributed by atoms with Gasteiger partial charge in [-0.15, -0.1) is 0 Å². The van der Waals surface area contributed by atoms with Gasteiger partial charge >= 0.3 is 0 Å². The van der Waals surface area contributed by atoms with Gasteiger partial charge in [-0.2, -0.15) is 0 Å². The van der Waals surface area contributed by atoms with Crippen molar-refractivity contribution in [1.29, 1.82) is 0 Å². The van der Waals surface area contributed by atoms with Crippen LogP contribution in [0.1, 0.15) is 41.8 Å². The highest BCUT2D eigenvalue weighted by Crippen LogP contribution is 2.36. The van der Waals surface area contributed by atoms with Crippen molar-refractivity contribution in [2.24, 2.45) is 0 Å². The Hall–Kier alpha value is -2.05. The van der Waals surface area contributed by atoms with Gasteiger partial charge in [-0.25, -0.2) is 0 Å². The van der Waals surface area contributed by atoms with Gasteiger partial charge in [-0.3, -0.25) is 4.79 Å². The smallest absolute Gasteiger partial charge is 0.251 e. The quantitative estimate of drug-likeness (QED) is 0.586. The van der Waals surface area contributed by atoms with Crippen molar-refractivity contribution in [3.8, 4) is 11.5 Å². The molecule has 0 aliphatic carbocycles. The van der Waals surface area contributed by atoms with Crippen LogP contribution in [0.3, 0.4) is 0 Å². The van der Waals surface area contributed by atoms with E-state index in [-0.39, 0.29) is 5.91 Å². The average molecular weight is 436 g/mol. The Balaban J connectivity index is 2.11. The molecular formula is C21H26BrNO4. The molecule has 0 heterocycles. The lowest BCUT2D eigenvalue weighted by atomic mass is 10.1. The van der Waals surface area contributed by atoms with Crippen molar-refractivity contribution in [2.75, 3.05) is 20.3 Å². The summed E-state index contributed by atoms with van der Waals surface area (Å²) >= 11 is 3.47. The summed E-state index contributed by atoms with van der Waals surface area (Å²) in [7, 11) is 1.56. The van der Waals surface area contributed by atoms with E-state index < -0.39 is 0 Å². The lowest BCUT2D eigenvalue weighted by Crippen LogP contribution is -2.23. The van der Waals surface area contributed by atoms with Crippen LogP contribution >= 0.6 is 15.9 Å². The first kappa shape index (κ1) is 21.3. The fourth-order valence-corrected chi connectivity index (χ4v) is 3.11. The molecular weight excluding hydrogens is 410 g/mol. The Morgan fingerprint density at radius 3 is 2.56 bits per heavy atom. The number of hydrogen-bond donors (Lipinski definition) is 1. The van der Waals surface area contributed by atoms with E-state index >= 15 is 0 Å². The largest absolute Gasteiger partial charge is 0.493 e. The van der Waals surface area contributed by atoms with Crippen LogP contribution in [0.2, 0.25) is 0 Å². The minimum absolute atomic E-state index is 0.178. The van der Waals surface area contributed by atoms with Gasteiger partial charge in [0.25, 0.3) is 5.91 Å². The highest BCUT2D eigenvalue weighted by Gasteiger charge is 2.16. The van der Waals surface area contributed by atoms with Crippen molar-refractivity contribution in [2.45, 2.75) is 33.4 Å². The van der Waals surface area contributed by atoms with Crippen molar-refractivity contribution in [1.82, 2.24) is 5.32 Å². The Bertz CT molecular complexity index is 764. The zero-order valence-corrected chi connectivity index (χ0v) is 17.6. The third-order valence-corrected chi connectivity index (χ3v) is 4.55. The molecule has 0 saturated heterocycles. The van der Waals surface area contributed by atoms with Crippen LogP contribution in [0.25, 0.3) is 0 Å². The van der Waals surface area contributed by atoms with Gasteiger partial charge in [0.15, 0.2) is 11.5 Å². The normalized spacial score (nSPS) is 10.5. The van der Waals surface area contributed by atoms with Gasteiger partial charge in [0.05, 0.1) is 24.8 Å². The minimum Gasteiger partial charge on any atom is -0.493 e. The highest BCUT2D eigenvalue weighted by atomic mass is 79.9. The molecule has 5 nitrogen and oxygen atoms in total. The highest BCUT2D eigenvalue weighted by molar-refractivity contribution is 9.10. The maximum atomic E-state index is 12.6. The van der Waals surface area contributed by atoms with Crippen molar-refractivity contribution >= 4 is 21.8 Å². The second-order valence-electron chi connectivity index (χ2n) is 5.93. The van der Waals surface area contributed by atoms with E-state index in [1.807, 2.05) is 38.1 Å². The fourth-order valence-electron chi connectivity index (χ4n) is 2.56. The van der Waals surface area contributed by atoms with Crippen LogP contribution in [0.15, 0.2) is 40.9 Å². The Kier molecular flexibility index (Phi) is 8.61. The zero-order chi connectivity index (χ0) is 19.6. The number of halogens is 1. The molecule has 0 saturated carbocycles. The second-order valence-corrected chi connectivity index (χ2v) is 6.78. The predicted molar refractivity (Wildman–Crippen MR) is 109 cm³/mol. The third-order valence-electron chi connectivity index (χ3n) is 3.96. The molecule has 0 spiro atoms. The Morgan fingerprint density at radius 2 is 1.89 bits per heavy atom. The molecule has 1 N–H and O–H groups in total. The van der Waals surface area contributed by atoms with Crippen LogP contribution in [0, 0.1) is 0 Å². The molecule has 0 radical (unpaired) electrons. The molecule has 2 aromatic rings. The van der Waals surface area contributed by atoms with E-state index in [0.29, 0.717) is 47.9 Å². The summed E-state index contributed by atoms with van der Waals surface area (Å²) in [4.78, 5) is 12.6. The van der Waals surface area contributed by atoms with Gasteiger partial charge < -0.3 is 19.5 Å². The number of carbonyl (C=O) groups excluding carboxylic acids is 1. The Labute approximate surface area is 169 Å². The van der Waals surface area contributed by atoms with Crippen LogP contribution in [0.5, 0.6) is 11.5 Å². The summed E-state index contributed by atoms with van der Waals surface area (Å²) in [6.45, 7) is 6.19. The van der Waals surface area contributed by atoms with Gasteiger partial charge in [-0.05, 0) is 52.5 Å². The van der Waals surface area contributed by atoms with Crippen LogP contribution in [0.4, 0.5) is 0 Å². The van der Waals surface area contributed by atoms with Gasteiger partial charge in [0.2, 0.25) is 0 Å². The number of nitrogens with one attached hydrogen (secondary N) is 1. The molecule has 6 heteroatoms. The van der Waals surface area contributed by atoms with E-state index in [1.54, 1.807) is 19.2 Å². The van der Waals surface area contributed by atoms with Crippen LogP contribution in [-0.2, 0) is 17.9 Å². The van der Waals surface area contributed by atoms with Gasteiger partial charge in [0.1, 0.15) is 0 Å². The predicted octanol–water partition coefficient (Wildman–Crippen LogP) is 4.71. The van der Waals surface area contributed by atoms with E-state index in [4.69, 9.17) is 14.2 Å². The molecule has 0 bridgehead atoms. The van der Waals surface area contributed by atoms with Gasteiger partial charge in [0, 0.05) is 18.7 Å². The summed E-state index contributed by atoms with van der Waals surface area (Å²) in [6.07, 6.45) is 0.888. The minimum atomic E-state index is -0.178. The number of benzene rings is 2. The average Bonchev–Trinajstić information content (AvgIpc) is 2.69. The molecule has 27 heavy (non-hydrogen) atoms. The molecule has 0 atom stereocenters. The number of methoxy groups -OCH3 is 1. The summed E-state index contributed by atoms with van der Waals surface area (Å²) < 4.78 is 17.3. The van der Waals surface area contributed by atoms with E-state index in [9.17, 15) is 4.79 Å². The Morgan fingerprint density at radius 1 is 1.15 bits per heavy atom. The maximum Gasteiger partial charge on any atom is 0.251 e. The molecule has 146 valence electrons. The number of amides is 1. The monoisotopic (exact) mass is 435 g/mol. The number of rotatable bonds is 10. The molecule has 0 unspecified atom stereocenters. The standard InChI is InChI=1S/C21H26BrNO4/c1-4-10-27-20-18(22)11-17(12-19(20)25-3)21(24)23-13-15-8-6-7-9-16(15)14-26-5-2/h6-9,11-12H,4-5,10,13-14H2,1-3H3,(H,23,24). The van der Waals surface area contributed by atoms with E-state index in [2.05, 4.69) is 21.2 Å². The van der Waals surface area contributed by atoms with Crippen LogP contribution in [-0.4, -0.2) is 26.2 Å². The maximum absolute atomic E-state index is 12.6. The van der Waals surface area contributed by atoms with Crippen LogP contribution < -0.4 is 14.8 Å². The first-order valence-corrected chi connectivity index (χ1v) is 9.83. The van der Waals surface area contributed by atoms with E-state index in [1.165, 1.54) is 0 Å². The molecule has 1 amide bonds. The third kappa shape index (κ3) is 5.97. The lowest BCUT2D eigenvalue weighted by Gasteiger charge is -2.14. The number of hydrogen-bond acceptors (Lipinski definition) is 4. The topological polar surface area (TPSA) is 56.8 Å². The summed E-state index contributed by atoms with van der Waals surface area (Å²) in [6, 6.07) is 11.4. The molecule has 2 rings (SSSR count). The molecule has 0 aromatic heterocycles.